The van der Waals surface area contributed by atoms with Gasteiger partial charge in [0, 0.05) is 0 Å². The molecular weight excluding hydrogens is 513 g/mol. The summed E-state index contributed by atoms with van der Waals surface area (Å²) in [7, 11) is 0. The van der Waals surface area contributed by atoms with Crippen molar-refractivity contribution in [3.05, 3.63) is 102 Å². The summed E-state index contributed by atoms with van der Waals surface area (Å²) in [5, 5.41) is 22.4. The van der Waals surface area contributed by atoms with Crippen LogP contribution in [-0.2, 0) is 4.74 Å². The number of benzene rings is 3. The first-order valence-corrected chi connectivity index (χ1v) is 12.9. The maximum absolute atomic E-state index is 13.1. The topological polar surface area (TPSA) is 104 Å². The number of esters is 1. The van der Waals surface area contributed by atoms with Crippen LogP contribution >= 0.6 is 0 Å². The van der Waals surface area contributed by atoms with E-state index in [4.69, 9.17) is 4.74 Å². The minimum atomic E-state index is -1.38. The fourth-order valence-electron chi connectivity index (χ4n) is 4.71. The van der Waals surface area contributed by atoms with Crippen LogP contribution in [-0.4, -0.2) is 72.7 Å². The zero-order valence-corrected chi connectivity index (χ0v) is 20.3. The molecular formula is C27H23NO6Se. The van der Waals surface area contributed by atoms with Gasteiger partial charge in [-0.05, 0) is 0 Å². The molecule has 1 saturated carbocycles. The molecule has 1 heterocycles. The summed E-state index contributed by atoms with van der Waals surface area (Å²) in [6.07, 6.45) is -2.57. The number of ether oxygens (including phenoxy) is 1. The molecule has 1 aliphatic carbocycles. The van der Waals surface area contributed by atoms with Crippen LogP contribution in [0.15, 0.2) is 84.9 Å². The zero-order chi connectivity index (χ0) is 24.6. The van der Waals surface area contributed by atoms with Gasteiger partial charge in [0.2, 0.25) is 0 Å². The number of carbonyl (C=O) groups excluding carboxylic acids is 3. The number of carbonyl (C=O) groups is 3. The molecule has 1 aliphatic heterocycles. The number of aliphatic hydroxyl groups excluding tert-OH is 2. The third-order valence-electron chi connectivity index (χ3n) is 6.49. The summed E-state index contributed by atoms with van der Waals surface area (Å²) in [5.74, 6) is -1.53. The summed E-state index contributed by atoms with van der Waals surface area (Å²) in [6, 6.07) is 23.6. The first kappa shape index (κ1) is 23.5. The SMILES string of the molecule is O=C(OC[C@@]1([Se]c2ccccc2)C[C@@H](N2C(=O)c3ccccc3C2=O)[C@H](O)[C@@H]1O)c1ccccc1. The van der Waals surface area contributed by atoms with Crippen LogP contribution in [0.5, 0.6) is 0 Å². The summed E-state index contributed by atoms with van der Waals surface area (Å²) in [5.41, 5.74) is 0.932. The summed E-state index contributed by atoms with van der Waals surface area (Å²) < 4.78 is 5.54. The van der Waals surface area contributed by atoms with Gasteiger partial charge in [0.05, 0.1) is 0 Å². The Kier molecular flexibility index (Phi) is 6.30. The molecule has 2 aliphatic rings. The van der Waals surface area contributed by atoms with E-state index >= 15 is 0 Å². The predicted molar refractivity (Wildman–Crippen MR) is 129 cm³/mol. The van der Waals surface area contributed by atoms with Crippen LogP contribution in [0.4, 0.5) is 0 Å². The number of hydrogen-bond donors (Lipinski definition) is 2. The van der Waals surface area contributed by atoms with Crippen LogP contribution in [0, 0.1) is 0 Å². The van der Waals surface area contributed by atoms with Gasteiger partial charge in [0.25, 0.3) is 0 Å². The Hall–Kier alpha value is -3.29. The van der Waals surface area contributed by atoms with E-state index in [0.717, 1.165) is 9.36 Å². The summed E-state index contributed by atoms with van der Waals surface area (Å²) in [4.78, 5) is 40.0. The van der Waals surface area contributed by atoms with Crippen molar-refractivity contribution in [2.24, 2.45) is 0 Å². The molecule has 2 N–H and O–H groups in total. The average molecular weight is 536 g/mol. The number of hydrogen-bond acceptors (Lipinski definition) is 6. The van der Waals surface area contributed by atoms with Gasteiger partial charge in [-0.15, -0.1) is 0 Å². The fourth-order valence-corrected chi connectivity index (χ4v) is 7.64. The van der Waals surface area contributed by atoms with E-state index in [1.807, 2.05) is 30.3 Å². The quantitative estimate of drug-likeness (QED) is 0.283. The van der Waals surface area contributed by atoms with Crippen LogP contribution in [0.1, 0.15) is 37.5 Å². The third-order valence-corrected chi connectivity index (χ3v) is 9.51. The van der Waals surface area contributed by atoms with E-state index in [1.165, 1.54) is 0 Å². The Morgan fingerprint density at radius 2 is 1.43 bits per heavy atom. The molecule has 178 valence electrons. The number of amides is 2. The van der Waals surface area contributed by atoms with Crippen molar-refractivity contribution in [3.63, 3.8) is 0 Å². The zero-order valence-electron chi connectivity index (χ0n) is 18.6. The molecule has 0 bridgehead atoms. The van der Waals surface area contributed by atoms with Gasteiger partial charge < -0.3 is 0 Å². The fraction of sp³-hybridized carbons (Fsp3) is 0.222. The molecule has 7 nitrogen and oxygen atoms in total. The second-order valence-corrected chi connectivity index (χ2v) is 11.8. The number of aliphatic hydroxyl groups is 2. The van der Waals surface area contributed by atoms with Crippen molar-refractivity contribution in [1.29, 1.82) is 0 Å². The van der Waals surface area contributed by atoms with E-state index in [1.54, 1.807) is 54.6 Å². The maximum atomic E-state index is 13.1. The van der Waals surface area contributed by atoms with Crippen molar-refractivity contribution in [3.8, 4) is 0 Å². The molecule has 2 amide bonds. The van der Waals surface area contributed by atoms with Gasteiger partial charge in [0.15, 0.2) is 0 Å². The van der Waals surface area contributed by atoms with Gasteiger partial charge in [-0.25, -0.2) is 0 Å². The Morgan fingerprint density at radius 3 is 2.03 bits per heavy atom. The number of nitrogens with zero attached hydrogens (tertiary/aromatic N) is 1. The third kappa shape index (κ3) is 4.19. The monoisotopic (exact) mass is 537 g/mol. The summed E-state index contributed by atoms with van der Waals surface area (Å²) >= 11 is -0.445. The molecule has 1 fully saturated rings. The average Bonchev–Trinajstić information content (AvgIpc) is 3.28. The molecule has 0 spiro atoms. The van der Waals surface area contributed by atoms with E-state index in [-0.39, 0.29) is 24.2 Å². The Balaban J connectivity index is 1.45. The van der Waals surface area contributed by atoms with Crippen molar-refractivity contribution in [2.45, 2.75) is 29.0 Å². The minimum absolute atomic E-state index is 0.109. The molecule has 0 aromatic heterocycles. The molecule has 8 heteroatoms. The molecule has 0 unspecified atom stereocenters. The molecule has 35 heavy (non-hydrogen) atoms. The molecule has 3 aromatic carbocycles. The van der Waals surface area contributed by atoms with Gasteiger partial charge >= 0.3 is 209 Å². The normalized spacial score (nSPS) is 25.5. The van der Waals surface area contributed by atoms with Crippen molar-refractivity contribution in [2.75, 3.05) is 6.61 Å². The van der Waals surface area contributed by atoms with Gasteiger partial charge in [0.1, 0.15) is 0 Å². The van der Waals surface area contributed by atoms with E-state index < -0.39 is 55.3 Å². The number of fused-ring (bicyclic) bond motifs is 1. The van der Waals surface area contributed by atoms with Gasteiger partial charge in [-0.1, -0.05) is 0 Å². The second kappa shape index (κ2) is 9.40. The molecule has 0 saturated heterocycles. The Morgan fingerprint density at radius 1 is 0.886 bits per heavy atom. The second-order valence-electron chi connectivity index (χ2n) is 8.65. The van der Waals surface area contributed by atoms with Crippen LogP contribution < -0.4 is 4.46 Å². The van der Waals surface area contributed by atoms with E-state index in [9.17, 15) is 24.6 Å². The van der Waals surface area contributed by atoms with Gasteiger partial charge in [-0.3, -0.25) is 0 Å². The van der Waals surface area contributed by atoms with Crippen LogP contribution in [0.25, 0.3) is 0 Å². The van der Waals surface area contributed by atoms with Crippen LogP contribution in [0.3, 0.4) is 0 Å². The number of rotatable bonds is 6. The van der Waals surface area contributed by atoms with E-state index in [0.29, 0.717) is 5.56 Å². The summed E-state index contributed by atoms with van der Waals surface area (Å²) in [6.45, 7) is -0.159. The first-order valence-electron chi connectivity index (χ1n) is 11.2. The Labute approximate surface area is 208 Å². The van der Waals surface area contributed by atoms with Crippen molar-refractivity contribution >= 4 is 37.2 Å². The van der Waals surface area contributed by atoms with Crippen molar-refractivity contribution < 1.29 is 29.3 Å². The predicted octanol–water partition coefficient (Wildman–Crippen LogP) is 1.82. The molecule has 5 rings (SSSR count). The Bertz CT molecular complexity index is 1230. The molecule has 0 radical (unpaired) electrons. The van der Waals surface area contributed by atoms with Crippen LogP contribution in [0.2, 0.25) is 4.31 Å². The number of imide groups is 1. The molecule has 4 atom stereocenters. The first-order chi connectivity index (χ1) is 16.9. The standard InChI is InChI=1S/C27H23NO6Se/c29-22-21(28-24(31)19-13-7-8-14-20(19)25(28)32)15-27(23(22)30,35-18-11-5-2-6-12-18)16-34-26(33)17-9-3-1-4-10-17/h1-14,21-23,29-30H,15-16H2/t21-,22+,23+,27+/m1/s1. The molecule has 3 aromatic rings. The van der Waals surface area contributed by atoms with E-state index in [2.05, 4.69) is 0 Å². The van der Waals surface area contributed by atoms with Crippen molar-refractivity contribution in [1.82, 2.24) is 4.90 Å². The van der Waals surface area contributed by atoms with Gasteiger partial charge in [-0.2, -0.15) is 0 Å².